The predicted octanol–water partition coefficient (Wildman–Crippen LogP) is 2.10. The minimum absolute atomic E-state index is 0.194. The molecule has 0 saturated carbocycles. The Labute approximate surface area is 201 Å². The first-order valence-corrected chi connectivity index (χ1v) is 11.1. The summed E-state index contributed by atoms with van der Waals surface area (Å²) in [4.78, 5) is 34.8. The van der Waals surface area contributed by atoms with Crippen molar-refractivity contribution in [2.45, 2.75) is 0 Å². The molecule has 0 radical (unpaired) electrons. The molecular formula is C24H25N7O4. The zero-order valence-electron chi connectivity index (χ0n) is 19.7. The van der Waals surface area contributed by atoms with Crippen LogP contribution in [0.2, 0.25) is 0 Å². The third-order valence-corrected chi connectivity index (χ3v) is 6.00. The maximum absolute atomic E-state index is 13.0. The normalized spacial score (nSPS) is 13.8. The molecule has 0 atom stereocenters. The van der Waals surface area contributed by atoms with Crippen molar-refractivity contribution < 1.29 is 19.0 Å². The number of rotatable bonds is 5. The van der Waals surface area contributed by atoms with Crippen molar-refractivity contribution in [1.29, 1.82) is 0 Å². The Kier molecular flexibility index (Phi) is 5.81. The Morgan fingerprint density at radius 3 is 2.11 bits per heavy atom. The standard InChI is InChI=1S/C24H25N7O4/c1-33-17-13-14-18(20(35-3)19(17)34-2)28-24(29-21(14)25)31-11-9-30(10-12-31)23(32)22-26-15-7-5-4-6-8-16(15)27-22/h4-8,13H,9-12H2,1-3H3,(H2,25,28,29). The van der Waals surface area contributed by atoms with E-state index in [0.717, 1.165) is 0 Å². The third kappa shape index (κ3) is 3.94. The third-order valence-electron chi connectivity index (χ3n) is 6.00. The summed E-state index contributed by atoms with van der Waals surface area (Å²) in [5.74, 6) is 2.08. The van der Waals surface area contributed by atoms with Crippen LogP contribution in [0.15, 0.2) is 36.4 Å². The van der Waals surface area contributed by atoms with E-state index in [1.807, 2.05) is 35.2 Å². The van der Waals surface area contributed by atoms with Gasteiger partial charge >= 0.3 is 0 Å². The molecule has 1 aromatic carbocycles. The second kappa shape index (κ2) is 9.09. The molecule has 0 spiro atoms. The van der Waals surface area contributed by atoms with Gasteiger partial charge in [-0.1, -0.05) is 18.2 Å². The molecule has 0 unspecified atom stereocenters. The van der Waals surface area contributed by atoms with Gasteiger partial charge in [-0.2, -0.15) is 4.98 Å². The van der Waals surface area contributed by atoms with Crippen LogP contribution in [0.3, 0.4) is 0 Å². The maximum atomic E-state index is 13.0. The Morgan fingerprint density at radius 1 is 0.857 bits per heavy atom. The number of fused-ring (bicyclic) bond motifs is 2. The van der Waals surface area contributed by atoms with Gasteiger partial charge in [0, 0.05) is 26.2 Å². The quantitative estimate of drug-likeness (QED) is 0.458. The van der Waals surface area contributed by atoms with E-state index >= 15 is 0 Å². The molecule has 3 heterocycles. The van der Waals surface area contributed by atoms with Gasteiger partial charge in [-0.15, -0.1) is 0 Å². The number of benzene rings is 1. The van der Waals surface area contributed by atoms with Gasteiger partial charge < -0.3 is 29.7 Å². The van der Waals surface area contributed by atoms with E-state index in [2.05, 4.69) is 15.0 Å². The van der Waals surface area contributed by atoms with Crippen molar-refractivity contribution in [2.75, 3.05) is 58.1 Å². The minimum atomic E-state index is -0.194. The van der Waals surface area contributed by atoms with Gasteiger partial charge in [0.1, 0.15) is 11.3 Å². The van der Waals surface area contributed by atoms with Gasteiger partial charge in [0.2, 0.25) is 17.5 Å². The number of methoxy groups -OCH3 is 3. The molecule has 1 amide bonds. The van der Waals surface area contributed by atoms with Crippen molar-refractivity contribution in [2.24, 2.45) is 0 Å². The lowest BCUT2D eigenvalue weighted by atomic mass is 10.2. The van der Waals surface area contributed by atoms with Gasteiger partial charge in [0.05, 0.1) is 38.1 Å². The molecule has 2 aromatic rings. The number of nitrogens with zero attached hydrogens (tertiary/aromatic N) is 6. The highest BCUT2D eigenvalue weighted by Crippen LogP contribution is 2.44. The van der Waals surface area contributed by atoms with Crippen LogP contribution in [-0.4, -0.2) is 78.3 Å². The van der Waals surface area contributed by atoms with Crippen LogP contribution in [-0.2, 0) is 0 Å². The summed E-state index contributed by atoms with van der Waals surface area (Å²) in [6.07, 6.45) is 0. The zero-order valence-corrected chi connectivity index (χ0v) is 19.7. The summed E-state index contributed by atoms with van der Waals surface area (Å²) in [6.45, 7) is 2.01. The van der Waals surface area contributed by atoms with Crippen molar-refractivity contribution in [3.8, 4) is 28.6 Å². The fourth-order valence-electron chi connectivity index (χ4n) is 4.20. The van der Waals surface area contributed by atoms with E-state index < -0.39 is 0 Å². The van der Waals surface area contributed by atoms with Crippen LogP contribution in [0.5, 0.6) is 17.2 Å². The lowest BCUT2D eigenvalue weighted by Gasteiger charge is -2.34. The Hall–Kier alpha value is -4.41. The molecular weight excluding hydrogens is 450 g/mol. The lowest BCUT2D eigenvalue weighted by molar-refractivity contribution is 0.0735. The number of amides is 1. The SMILES string of the molecule is COc1cc2c(N)nc(N3CCN(C(=O)c4nc5cccccc-5n4)CC3)nc2c(OC)c1OC. The van der Waals surface area contributed by atoms with Crippen molar-refractivity contribution >= 4 is 28.6 Å². The molecule has 5 rings (SSSR count). The number of hydrogen-bond acceptors (Lipinski definition) is 10. The zero-order chi connectivity index (χ0) is 24.5. The highest BCUT2D eigenvalue weighted by molar-refractivity contribution is 5.97. The smallest absolute Gasteiger partial charge is 0.291 e. The van der Waals surface area contributed by atoms with Gasteiger partial charge in [-0.3, -0.25) is 4.79 Å². The summed E-state index contributed by atoms with van der Waals surface area (Å²) in [7, 11) is 4.61. The fraction of sp³-hybridized carbons (Fsp3) is 0.292. The van der Waals surface area contributed by atoms with E-state index in [1.165, 1.54) is 14.2 Å². The van der Waals surface area contributed by atoms with Crippen LogP contribution in [0.1, 0.15) is 10.6 Å². The van der Waals surface area contributed by atoms with Crippen LogP contribution in [0, 0.1) is 0 Å². The molecule has 1 aliphatic carbocycles. The molecule has 180 valence electrons. The molecule has 2 N–H and O–H groups in total. The Bertz CT molecular complexity index is 1340. The number of hydrogen-bond donors (Lipinski definition) is 1. The van der Waals surface area contributed by atoms with Gasteiger partial charge in [-0.25, -0.2) is 15.0 Å². The number of carbonyl (C=O) groups excluding carboxylic acids is 1. The Balaban J connectivity index is 1.38. The molecule has 35 heavy (non-hydrogen) atoms. The number of nitrogens with two attached hydrogens (primary N) is 1. The van der Waals surface area contributed by atoms with Crippen LogP contribution in [0.4, 0.5) is 11.8 Å². The minimum Gasteiger partial charge on any atom is -0.493 e. The number of nitrogen functional groups attached to an aromatic ring is 1. The predicted molar refractivity (Wildman–Crippen MR) is 130 cm³/mol. The number of aromatic nitrogens is 4. The molecule has 1 aromatic heterocycles. The van der Waals surface area contributed by atoms with E-state index in [-0.39, 0.29) is 11.7 Å². The first-order valence-electron chi connectivity index (χ1n) is 11.1. The molecule has 11 nitrogen and oxygen atoms in total. The molecule has 0 bridgehead atoms. The van der Waals surface area contributed by atoms with Gasteiger partial charge in [0.25, 0.3) is 5.91 Å². The fourth-order valence-corrected chi connectivity index (χ4v) is 4.20. The topological polar surface area (TPSA) is 129 Å². The molecule has 1 saturated heterocycles. The van der Waals surface area contributed by atoms with E-state index in [0.29, 0.717) is 77.5 Å². The van der Waals surface area contributed by atoms with Gasteiger partial charge in [0.15, 0.2) is 11.5 Å². The van der Waals surface area contributed by atoms with Crippen LogP contribution >= 0.6 is 0 Å². The first kappa shape index (κ1) is 22.4. The van der Waals surface area contributed by atoms with Crippen molar-refractivity contribution in [3.63, 3.8) is 0 Å². The highest BCUT2D eigenvalue weighted by atomic mass is 16.5. The lowest BCUT2D eigenvalue weighted by Crippen LogP contribution is -2.49. The average molecular weight is 476 g/mol. The molecule has 1 fully saturated rings. The van der Waals surface area contributed by atoms with Crippen LogP contribution in [0.25, 0.3) is 22.3 Å². The summed E-state index contributed by atoms with van der Waals surface area (Å²) in [5.41, 5.74) is 8.20. The second-order valence-corrected chi connectivity index (χ2v) is 7.96. The average Bonchev–Trinajstić information content (AvgIpc) is 3.17. The summed E-state index contributed by atoms with van der Waals surface area (Å²) in [6, 6.07) is 11.1. The highest BCUT2D eigenvalue weighted by Gasteiger charge is 2.28. The first-order chi connectivity index (χ1) is 17.0. The number of ether oxygens (including phenoxy) is 3. The largest absolute Gasteiger partial charge is 0.493 e. The molecule has 3 aliphatic rings. The van der Waals surface area contributed by atoms with E-state index in [9.17, 15) is 4.79 Å². The van der Waals surface area contributed by atoms with Crippen molar-refractivity contribution in [1.82, 2.24) is 24.8 Å². The summed E-state index contributed by atoms with van der Waals surface area (Å²) in [5, 5.41) is 0.603. The van der Waals surface area contributed by atoms with Gasteiger partial charge in [-0.05, 0) is 18.2 Å². The summed E-state index contributed by atoms with van der Waals surface area (Å²) < 4.78 is 16.5. The van der Waals surface area contributed by atoms with Crippen molar-refractivity contribution in [3.05, 3.63) is 42.2 Å². The second-order valence-electron chi connectivity index (χ2n) is 7.96. The van der Waals surface area contributed by atoms with Crippen LogP contribution < -0.4 is 24.8 Å². The molecule has 2 aliphatic heterocycles. The maximum Gasteiger partial charge on any atom is 0.291 e. The van der Waals surface area contributed by atoms with E-state index in [1.54, 1.807) is 18.1 Å². The monoisotopic (exact) mass is 475 g/mol. The van der Waals surface area contributed by atoms with E-state index in [4.69, 9.17) is 24.9 Å². The Morgan fingerprint density at radius 2 is 1.51 bits per heavy atom. The number of carbonyl (C=O) groups is 1. The summed E-state index contributed by atoms with van der Waals surface area (Å²) >= 11 is 0. The number of imidazole rings is 1. The number of piperazine rings is 1. The molecule has 11 heteroatoms. The number of anilines is 2.